The van der Waals surface area contributed by atoms with Gasteiger partial charge in [0.2, 0.25) is 0 Å². The molecule has 0 radical (unpaired) electrons. The van der Waals surface area contributed by atoms with Gasteiger partial charge in [-0.05, 0) is 25.1 Å². The number of benzene rings is 1. The second-order valence-corrected chi connectivity index (χ2v) is 6.44. The molecule has 1 atom stereocenters. The zero-order chi connectivity index (χ0) is 17.3. The van der Waals surface area contributed by atoms with Crippen molar-refractivity contribution in [2.75, 3.05) is 32.7 Å². The molecule has 2 aromatic rings. The molecule has 1 aliphatic heterocycles. The molecule has 1 aromatic heterocycles. The Morgan fingerprint density at radius 1 is 1.38 bits per heavy atom. The average molecular weight is 331 g/mol. The molecule has 6 heteroatoms. The van der Waals surface area contributed by atoms with Crippen LogP contribution >= 0.6 is 0 Å². The molecule has 0 spiro atoms. The number of halogens is 1. The van der Waals surface area contributed by atoms with Crippen LogP contribution in [0.1, 0.15) is 18.5 Å². The summed E-state index contributed by atoms with van der Waals surface area (Å²) in [6.45, 7) is 9.76. The lowest BCUT2D eigenvalue weighted by atomic mass is 10.0. The van der Waals surface area contributed by atoms with E-state index < -0.39 is 12.0 Å². The minimum absolute atomic E-state index is 0.337. The summed E-state index contributed by atoms with van der Waals surface area (Å²) in [5, 5.41) is 10.5. The van der Waals surface area contributed by atoms with Crippen LogP contribution in [0.15, 0.2) is 36.5 Å². The highest BCUT2D eigenvalue weighted by Gasteiger charge is 2.32. The number of aliphatic carboxylic acids is 1. The van der Waals surface area contributed by atoms with E-state index in [1.54, 1.807) is 12.3 Å². The number of carboxylic acids is 1. The molecule has 0 aliphatic carbocycles. The first-order valence-corrected chi connectivity index (χ1v) is 8.06. The van der Waals surface area contributed by atoms with Gasteiger partial charge in [0.1, 0.15) is 11.9 Å². The molecule has 1 aromatic carbocycles. The van der Waals surface area contributed by atoms with Crippen molar-refractivity contribution in [1.29, 1.82) is 0 Å². The van der Waals surface area contributed by atoms with Gasteiger partial charge in [0, 0.05) is 55.4 Å². The molecule has 1 aliphatic rings. The fraction of sp³-hybridized carbons (Fsp3) is 0.389. The van der Waals surface area contributed by atoms with Crippen LogP contribution in [0.5, 0.6) is 0 Å². The van der Waals surface area contributed by atoms with Crippen LogP contribution in [0.2, 0.25) is 0 Å². The minimum Gasteiger partial charge on any atom is -0.480 e. The third-order valence-corrected chi connectivity index (χ3v) is 4.47. The Morgan fingerprint density at radius 2 is 2.08 bits per heavy atom. The van der Waals surface area contributed by atoms with E-state index in [0.717, 1.165) is 30.6 Å². The molecule has 0 bridgehead atoms. The predicted molar refractivity (Wildman–Crippen MR) is 91.5 cm³/mol. The number of aromatic nitrogens is 1. The summed E-state index contributed by atoms with van der Waals surface area (Å²) in [5.74, 6) is -1.22. The number of nitrogens with one attached hydrogen (secondary N) is 1. The summed E-state index contributed by atoms with van der Waals surface area (Å²) in [6, 6.07) is 3.67. The standard InChI is InChI=1S/C18H22FN3O2/c1-12(2)11-21-5-7-22(8-6-21)17(18(23)24)15-10-20-16-9-13(19)3-4-14(15)16/h3-4,9-10,17,20H,1,5-8,11H2,2H3,(H,23,24)/t17-/m0/s1. The van der Waals surface area contributed by atoms with Gasteiger partial charge in [-0.2, -0.15) is 0 Å². The van der Waals surface area contributed by atoms with Crippen LogP contribution in [0.4, 0.5) is 4.39 Å². The quantitative estimate of drug-likeness (QED) is 0.827. The van der Waals surface area contributed by atoms with Crippen molar-refractivity contribution >= 4 is 16.9 Å². The van der Waals surface area contributed by atoms with Crippen LogP contribution < -0.4 is 0 Å². The lowest BCUT2D eigenvalue weighted by molar-refractivity contribution is -0.144. The van der Waals surface area contributed by atoms with Gasteiger partial charge < -0.3 is 10.1 Å². The molecule has 2 N–H and O–H groups in total. The number of rotatable bonds is 5. The molecule has 1 saturated heterocycles. The molecule has 0 unspecified atom stereocenters. The highest BCUT2D eigenvalue weighted by atomic mass is 19.1. The average Bonchev–Trinajstić information content (AvgIpc) is 2.91. The third-order valence-electron chi connectivity index (χ3n) is 4.47. The number of hydrogen-bond donors (Lipinski definition) is 2. The SMILES string of the molecule is C=C(C)CN1CCN([C@H](C(=O)O)c2c[nH]c3cc(F)ccc23)CC1. The monoisotopic (exact) mass is 331 g/mol. The van der Waals surface area contributed by atoms with Gasteiger partial charge in [0.05, 0.1) is 0 Å². The summed E-state index contributed by atoms with van der Waals surface area (Å²) in [6.07, 6.45) is 1.68. The van der Waals surface area contributed by atoms with E-state index in [0.29, 0.717) is 24.2 Å². The highest BCUT2D eigenvalue weighted by molar-refractivity contribution is 5.89. The van der Waals surface area contributed by atoms with Crippen molar-refractivity contribution in [1.82, 2.24) is 14.8 Å². The van der Waals surface area contributed by atoms with Gasteiger partial charge >= 0.3 is 5.97 Å². The van der Waals surface area contributed by atoms with E-state index in [4.69, 9.17) is 0 Å². The van der Waals surface area contributed by atoms with Crippen molar-refractivity contribution in [2.45, 2.75) is 13.0 Å². The van der Waals surface area contributed by atoms with E-state index in [9.17, 15) is 14.3 Å². The normalized spacial score (nSPS) is 17.9. The third kappa shape index (κ3) is 3.34. The molecule has 1 fully saturated rings. The topological polar surface area (TPSA) is 59.6 Å². The maximum Gasteiger partial charge on any atom is 0.325 e. The molecule has 3 rings (SSSR count). The number of piperazine rings is 1. The molecule has 24 heavy (non-hydrogen) atoms. The second kappa shape index (κ2) is 6.75. The summed E-state index contributed by atoms with van der Waals surface area (Å²) >= 11 is 0. The summed E-state index contributed by atoms with van der Waals surface area (Å²) in [4.78, 5) is 19.2. The van der Waals surface area contributed by atoms with Crippen molar-refractivity contribution in [2.24, 2.45) is 0 Å². The lowest BCUT2D eigenvalue weighted by Gasteiger charge is -2.37. The minimum atomic E-state index is -0.881. The Balaban J connectivity index is 1.83. The van der Waals surface area contributed by atoms with Crippen LogP contribution in [0.25, 0.3) is 10.9 Å². The second-order valence-electron chi connectivity index (χ2n) is 6.44. The van der Waals surface area contributed by atoms with Gasteiger partial charge in [-0.25, -0.2) is 4.39 Å². The van der Waals surface area contributed by atoms with Gasteiger partial charge in [-0.15, -0.1) is 0 Å². The predicted octanol–water partition coefficient (Wildman–Crippen LogP) is 2.63. The van der Waals surface area contributed by atoms with Gasteiger partial charge in [0.15, 0.2) is 0 Å². The van der Waals surface area contributed by atoms with Crippen molar-refractivity contribution in [3.05, 3.63) is 47.9 Å². The number of hydrogen-bond acceptors (Lipinski definition) is 3. The van der Waals surface area contributed by atoms with Crippen molar-refractivity contribution in [3.8, 4) is 0 Å². The van der Waals surface area contributed by atoms with E-state index >= 15 is 0 Å². The fourth-order valence-corrected chi connectivity index (χ4v) is 3.39. The number of carboxylic acid groups (broad SMARTS) is 1. The molecule has 128 valence electrons. The Labute approximate surface area is 140 Å². The summed E-state index contributed by atoms with van der Waals surface area (Å²) < 4.78 is 13.3. The van der Waals surface area contributed by atoms with Crippen molar-refractivity contribution < 1.29 is 14.3 Å². The van der Waals surface area contributed by atoms with E-state index in [2.05, 4.69) is 16.5 Å². The first kappa shape index (κ1) is 16.7. The maximum absolute atomic E-state index is 13.3. The van der Waals surface area contributed by atoms with E-state index in [1.807, 2.05) is 11.8 Å². The van der Waals surface area contributed by atoms with Gasteiger partial charge in [0.25, 0.3) is 0 Å². The lowest BCUT2D eigenvalue weighted by Crippen LogP contribution is -2.49. The fourth-order valence-electron chi connectivity index (χ4n) is 3.39. The summed E-state index contributed by atoms with van der Waals surface area (Å²) in [7, 11) is 0. The first-order valence-electron chi connectivity index (χ1n) is 8.06. The highest BCUT2D eigenvalue weighted by Crippen LogP contribution is 2.30. The van der Waals surface area contributed by atoms with E-state index in [-0.39, 0.29) is 5.82 Å². The molecular weight excluding hydrogens is 309 g/mol. The van der Waals surface area contributed by atoms with Crippen molar-refractivity contribution in [3.63, 3.8) is 0 Å². The number of fused-ring (bicyclic) bond motifs is 1. The summed E-state index contributed by atoms with van der Waals surface area (Å²) in [5.41, 5.74) is 2.42. The zero-order valence-corrected chi connectivity index (χ0v) is 13.8. The molecule has 2 heterocycles. The Morgan fingerprint density at radius 3 is 2.71 bits per heavy atom. The Kier molecular flexibility index (Phi) is 4.69. The number of H-pyrrole nitrogens is 1. The molecule has 0 saturated carbocycles. The first-order chi connectivity index (χ1) is 11.5. The van der Waals surface area contributed by atoms with Crippen LogP contribution in [-0.2, 0) is 4.79 Å². The number of carbonyl (C=O) groups is 1. The largest absolute Gasteiger partial charge is 0.480 e. The van der Waals surface area contributed by atoms with Crippen LogP contribution in [0, 0.1) is 5.82 Å². The Bertz CT molecular complexity index is 763. The van der Waals surface area contributed by atoms with Crippen LogP contribution in [0.3, 0.4) is 0 Å². The smallest absolute Gasteiger partial charge is 0.325 e. The maximum atomic E-state index is 13.3. The van der Waals surface area contributed by atoms with Crippen LogP contribution in [-0.4, -0.2) is 58.6 Å². The number of aromatic amines is 1. The number of nitrogens with zero attached hydrogens (tertiary/aromatic N) is 2. The molecule has 0 amide bonds. The molecule has 5 nitrogen and oxygen atoms in total. The van der Waals surface area contributed by atoms with Gasteiger partial charge in [-0.1, -0.05) is 12.2 Å². The van der Waals surface area contributed by atoms with E-state index in [1.165, 1.54) is 12.1 Å². The Hall–Kier alpha value is -2.18. The molecular formula is C18H22FN3O2. The zero-order valence-electron chi connectivity index (χ0n) is 13.8. The van der Waals surface area contributed by atoms with Gasteiger partial charge in [-0.3, -0.25) is 14.6 Å².